The van der Waals surface area contributed by atoms with Gasteiger partial charge >= 0.3 is 0 Å². The van der Waals surface area contributed by atoms with Crippen LogP contribution >= 0.6 is 11.6 Å². The van der Waals surface area contributed by atoms with Crippen LogP contribution in [0.5, 0.6) is 0 Å². The second-order valence-corrected chi connectivity index (χ2v) is 5.52. The Kier molecular flexibility index (Phi) is 4.38. The predicted molar refractivity (Wildman–Crippen MR) is 77.7 cm³/mol. The Balaban J connectivity index is 2.22. The van der Waals surface area contributed by atoms with Crippen LogP contribution < -0.4 is 5.56 Å². The molecule has 0 aliphatic rings. The lowest BCUT2D eigenvalue weighted by Gasteiger charge is -2.06. The van der Waals surface area contributed by atoms with Gasteiger partial charge in [-0.25, -0.2) is 4.98 Å². The number of benzene rings is 1. The third kappa shape index (κ3) is 4.21. The van der Waals surface area contributed by atoms with Crippen molar-refractivity contribution in [1.29, 1.82) is 0 Å². The molecule has 1 N–H and O–H groups in total. The van der Waals surface area contributed by atoms with E-state index in [1.807, 2.05) is 24.3 Å². The number of H-pyrrole nitrogens is 1. The molecule has 0 bridgehead atoms. The van der Waals surface area contributed by atoms with E-state index >= 15 is 0 Å². The number of hydrogen-bond acceptors (Lipinski definition) is 2. The summed E-state index contributed by atoms with van der Waals surface area (Å²) in [6.07, 6.45) is 1.43. The minimum atomic E-state index is -0.0883. The van der Waals surface area contributed by atoms with Gasteiger partial charge in [0, 0.05) is 23.2 Å². The largest absolute Gasteiger partial charge is 0.310 e. The summed E-state index contributed by atoms with van der Waals surface area (Å²) in [5.74, 6) is 1.18. The van der Waals surface area contributed by atoms with E-state index in [0.717, 1.165) is 17.7 Å². The zero-order chi connectivity index (χ0) is 13.8. The lowest BCUT2D eigenvalue weighted by Crippen LogP contribution is -2.14. The predicted octanol–water partition coefficient (Wildman–Crippen LogP) is 3.21. The molecule has 3 nitrogen and oxygen atoms in total. The summed E-state index contributed by atoms with van der Waals surface area (Å²) in [5.41, 5.74) is 1.84. The van der Waals surface area contributed by atoms with Crippen molar-refractivity contribution in [2.45, 2.75) is 26.7 Å². The van der Waals surface area contributed by atoms with Crippen molar-refractivity contribution in [3.05, 3.63) is 62.8 Å². The molecule has 0 aliphatic carbocycles. The van der Waals surface area contributed by atoms with E-state index in [2.05, 4.69) is 23.8 Å². The second kappa shape index (κ2) is 6.02. The molecule has 1 aromatic carbocycles. The van der Waals surface area contributed by atoms with Crippen LogP contribution in [0.25, 0.3) is 0 Å². The van der Waals surface area contributed by atoms with Gasteiger partial charge in [-0.3, -0.25) is 4.79 Å². The second-order valence-electron chi connectivity index (χ2n) is 5.08. The van der Waals surface area contributed by atoms with Crippen molar-refractivity contribution in [3.8, 4) is 0 Å². The maximum atomic E-state index is 11.6. The van der Waals surface area contributed by atoms with Crippen LogP contribution in [0, 0.1) is 5.92 Å². The molecule has 0 saturated carbocycles. The van der Waals surface area contributed by atoms with Crippen molar-refractivity contribution < 1.29 is 0 Å². The number of aromatic amines is 1. The number of halogens is 1. The number of nitrogens with zero attached hydrogens (tertiary/aromatic N) is 1. The van der Waals surface area contributed by atoms with E-state index in [9.17, 15) is 4.79 Å². The molecule has 0 radical (unpaired) electrons. The Hall–Kier alpha value is -1.61. The van der Waals surface area contributed by atoms with Crippen LogP contribution in [0.1, 0.15) is 30.9 Å². The Bertz CT molecular complexity index is 602. The summed E-state index contributed by atoms with van der Waals surface area (Å²) >= 11 is 5.85. The average Bonchev–Trinajstić information content (AvgIpc) is 2.30. The first-order valence-corrected chi connectivity index (χ1v) is 6.74. The molecule has 0 saturated heterocycles. The van der Waals surface area contributed by atoms with E-state index in [0.29, 0.717) is 23.2 Å². The highest BCUT2D eigenvalue weighted by Gasteiger charge is 2.05. The molecule has 0 atom stereocenters. The fourth-order valence-corrected chi connectivity index (χ4v) is 2.09. The van der Waals surface area contributed by atoms with Gasteiger partial charge in [-0.05, 0) is 30.0 Å². The Morgan fingerprint density at radius 1 is 1.26 bits per heavy atom. The minimum absolute atomic E-state index is 0.0883. The van der Waals surface area contributed by atoms with Gasteiger partial charge in [-0.1, -0.05) is 37.6 Å². The molecule has 1 heterocycles. The van der Waals surface area contributed by atoms with Crippen molar-refractivity contribution in [3.63, 3.8) is 0 Å². The Morgan fingerprint density at radius 3 is 2.58 bits per heavy atom. The monoisotopic (exact) mass is 276 g/mol. The highest BCUT2D eigenvalue weighted by atomic mass is 35.5. The van der Waals surface area contributed by atoms with Crippen molar-refractivity contribution >= 4 is 11.6 Å². The van der Waals surface area contributed by atoms with Gasteiger partial charge in [-0.2, -0.15) is 0 Å². The number of hydrogen-bond donors (Lipinski definition) is 1. The van der Waals surface area contributed by atoms with Gasteiger partial charge in [0.15, 0.2) is 0 Å². The first kappa shape index (κ1) is 13.8. The van der Waals surface area contributed by atoms with Crippen LogP contribution in [-0.2, 0) is 12.8 Å². The average molecular weight is 277 g/mol. The zero-order valence-electron chi connectivity index (χ0n) is 11.1. The lowest BCUT2D eigenvalue weighted by atomic mass is 10.1. The van der Waals surface area contributed by atoms with Gasteiger partial charge < -0.3 is 4.98 Å². The smallest absolute Gasteiger partial charge is 0.251 e. The third-order valence-electron chi connectivity index (χ3n) is 2.75. The van der Waals surface area contributed by atoms with E-state index in [4.69, 9.17) is 11.6 Å². The highest BCUT2D eigenvalue weighted by Crippen LogP contribution is 2.12. The summed E-state index contributed by atoms with van der Waals surface area (Å²) in [6, 6.07) is 9.14. The first-order chi connectivity index (χ1) is 9.02. The van der Waals surface area contributed by atoms with E-state index < -0.39 is 0 Å². The Labute approximate surface area is 117 Å². The number of nitrogens with one attached hydrogen (secondary N) is 1. The van der Waals surface area contributed by atoms with Crippen LogP contribution in [0.4, 0.5) is 0 Å². The summed E-state index contributed by atoms with van der Waals surface area (Å²) in [6.45, 7) is 4.23. The van der Waals surface area contributed by atoms with E-state index in [1.54, 1.807) is 6.07 Å². The third-order valence-corrected chi connectivity index (χ3v) is 3.00. The van der Waals surface area contributed by atoms with Gasteiger partial charge in [0.1, 0.15) is 5.82 Å². The molecule has 0 amide bonds. The molecule has 0 spiro atoms. The first-order valence-electron chi connectivity index (χ1n) is 6.36. The number of aromatic nitrogens is 2. The fraction of sp³-hybridized carbons (Fsp3) is 0.333. The fourth-order valence-electron chi connectivity index (χ4n) is 1.97. The molecule has 1 aromatic heterocycles. The normalized spacial score (nSPS) is 10.9. The molecule has 100 valence electrons. The minimum Gasteiger partial charge on any atom is -0.310 e. The molecular weight excluding hydrogens is 260 g/mol. The molecular formula is C15H17ClN2O. The van der Waals surface area contributed by atoms with Crippen LogP contribution in [-0.4, -0.2) is 9.97 Å². The van der Waals surface area contributed by atoms with Gasteiger partial charge in [0.25, 0.3) is 5.56 Å². The summed E-state index contributed by atoms with van der Waals surface area (Å²) in [5, 5.41) is 0.707. The standard InChI is InChI=1S/C15H17ClN2O/c1-10(2)7-13-9-15(19)18-14(17-13)8-11-3-5-12(16)6-4-11/h3-6,9-10H,7-8H2,1-2H3,(H,17,18,19). The van der Waals surface area contributed by atoms with Gasteiger partial charge in [-0.15, -0.1) is 0 Å². The topological polar surface area (TPSA) is 45.8 Å². The summed E-state index contributed by atoms with van der Waals surface area (Å²) in [7, 11) is 0. The summed E-state index contributed by atoms with van der Waals surface area (Å²) in [4.78, 5) is 18.9. The van der Waals surface area contributed by atoms with Gasteiger partial charge in [0.05, 0.1) is 0 Å². The molecule has 19 heavy (non-hydrogen) atoms. The van der Waals surface area contributed by atoms with Gasteiger partial charge in [0.2, 0.25) is 0 Å². The molecule has 2 rings (SSSR count). The van der Waals surface area contributed by atoms with Crippen molar-refractivity contribution in [2.75, 3.05) is 0 Å². The van der Waals surface area contributed by atoms with Crippen LogP contribution in [0.2, 0.25) is 5.02 Å². The SMILES string of the molecule is CC(C)Cc1cc(=O)[nH]c(Cc2ccc(Cl)cc2)n1. The van der Waals surface area contributed by atoms with Crippen molar-refractivity contribution in [2.24, 2.45) is 5.92 Å². The van der Waals surface area contributed by atoms with Crippen molar-refractivity contribution in [1.82, 2.24) is 9.97 Å². The van der Waals surface area contributed by atoms with Crippen LogP contribution in [0.15, 0.2) is 35.1 Å². The molecule has 0 fully saturated rings. The van der Waals surface area contributed by atoms with E-state index in [-0.39, 0.29) is 5.56 Å². The Morgan fingerprint density at radius 2 is 1.95 bits per heavy atom. The molecule has 4 heteroatoms. The maximum Gasteiger partial charge on any atom is 0.251 e. The quantitative estimate of drug-likeness (QED) is 0.932. The maximum absolute atomic E-state index is 11.6. The summed E-state index contributed by atoms with van der Waals surface area (Å²) < 4.78 is 0. The zero-order valence-corrected chi connectivity index (χ0v) is 11.9. The molecule has 2 aromatic rings. The highest BCUT2D eigenvalue weighted by molar-refractivity contribution is 6.30. The number of rotatable bonds is 4. The molecule has 0 unspecified atom stereocenters. The lowest BCUT2D eigenvalue weighted by molar-refractivity contribution is 0.630. The molecule has 0 aliphatic heterocycles. The van der Waals surface area contributed by atoms with E-state index in [1.165, 1.54) is 0 Å². The van der Waals surface area contributed by atoms with Crippen LogP contribution in [0.3, 0.4) is 0 Å².